The molecule has 1 aliphatic rings. The first kappa shape index (κ1) is 22.9. The van der Waals surface area contributed by atoms with Gasteiger partial charge in [0.05, 0.1) is 24.3 Å². The molecule has 0 spiro atoms. The third kappa shape index (κ3) is 5.70. The Bertz CT molecular complexity index is 981. The number of ether oxygens (including phenoxy) is 2. The highest BCUT2D eigenvalue weighted by Gasteiger charge is 2.34. The Kier molecular flexibility index (Phi) is 7.80. The van der Waals surface area contributed by atoms with Gasteiger partial charge >= 0.3 is 0 Å². The van der Waals surface area contributed by atoms with Crippen molar-refractivity contribution in [3.63, 3.8) is 0 Å². The summed E-state index contributed by atoms with van der Waals surface area (Å²) in [5, 5.41) is 0.702. The van der Waals surface area contributed by atoms with Crippen molar-refractivity contribution in [2.24, 2.45) is 10.9 Å². The molecule has 1 aliphatic heterocycles. The van der Waals surface area contributed by atoms with E-state index in [4.69, 9.17) is 14.5 Å². The van der Waals surface area contributed by atoms with Gasteiger partial charge < -0.3 is 9.47 Å². The fraction of sp³-hybridized carbons (Fsp3) is 0.360. The Morgan fingerprint density at radius 3 is 2.55 bits per heavy atom. The summed E-state index contributed by atoms with van der Waals surface area (Å²) < 4.78 is 11.4. The predicted octanol–water partition coefficient (Wildman–Crippen LogP) is 6.05. The number of aryl methyl sites for hydroxylation is 1. The minimum absolute atomic E-state index is 0.0335. The standard InChI is InChI=1S/C25H30N2O3S/c1-6-14-30-23-19(8-7-9-21(23)29-5)15-22-24(28)27(16-17(2)3)25(31-22)26-20-12-10-18(4)11-13-20/h7-13,15,17H,6,14,16H2,1-5H3/b22-15+,26-25?. The van der Waals surface area contributed by atoms with Crippen LogP contribution < -0.4 is 9.47 Å². The quantitative estimate of drug-likeness (QED) is 0.471. The molecule has 5 nitrogen and oxygen atoms in total. The molecule has 1 saturated heterocycles. The van der Waals surface area contributed by atoms with E-state index >= 15 is 0 Å². The van der Waals surface area contributed by atoms with Gasteiger partial charge in [0.1, 0.15) is 0 Å². The number of hydrogen-bond donors (Lipinski definition) is 0. The summed E-state index contributed by atoms with van der Waals surface area (Å²) in [4.78, 5) is 20.4. The maximum atomic E-state index is 13.3. The van der Waals surface area contributed by atoms with Crippen molar-refractivity contribution < 1.29 is 14.3 Å². The molecule has 1 fully saturated rings. The summed E-state index contributed by atoms with van der Waals surface area (Å²) in [6, 6.07) is 13.7. The van der Waals surface area contributed by atoms with Gasteiger partial charge in [-0.1, -0.05) is 50.6 Å². The number of amides is 1. The van der Waals surface area contributed by atoms with E-state index in [0.717, 1.165) is 17.7 Å². The summed E-state index contributed by atoms with van der Waals surface area (Å²) in [7, 11) is 1.62. The monoisotopic (exact) mass is 438 g/mol. The number of nitrogens with zero attached hydrogens (tertiary/aromatic N) is 2. The zero-order valence-corrected chi connectivity index (χ0v) is 19.7. The average Bonchev–Trinajstić information content (AvgIpc) is 3.02. The summed E-state index contributed by atoms with van der Waals surface area (Å²) in [5.41, 5.74) is 2.84. The lowest BCUT2D eigenvalue weighted by Crippen LogP contribution is -2.32. The maximum absolute atomic E-state index is 13.3. The van der Waals surface area contributed by atoms with Crippen LogP contribution in [0.4, 0.5) is 5.69 Å². The molecular weight excluding hydrogens is 408 g/mol. The zero-order chi connectivity index (χ0) is 22.4. The van der Waals surface area contributed by atoms with Crippen molar-refractivity contribution in [3.8, 4) is 11.5 Å². The maximum Gasteiger partial charge on any atom is 0.266 e. The molecule has 164 valence electrons. The highest BCUT2D eigenvalue weighted by molar-refractivity contribution is 8.18. The van der Waals surface area contributed by atoms with Gasteiger partial charge in [-0.15, -0.1) is 0 Å². The first-order valence-electron chi connectivity index (χ1n) is 10.6. The van der Waals surface area contributed by atoms with Crippen molar-refractivity contribution in [2.75, 3.05) is 20.3 Å². The van der Waals surface area contributed by atoms with Gasteiger partial charge in [-0.05, 0) is 55.3 Å². The smallest absolute Gasteiger partial charge is 0.266 e. The van der Waals surface area contributed by atoms with Crippen LogP contribution in [-0.4, -0.2) is 36.2 Å². The predicted molar refractivity (Wildman–Crippen MR) is 129 cm³/mol. The van der Waals surface area contributed by atoms with Crippen LogP contribution in [0.2, 0.25) is 0 Å². The third-order valence-corrected chi connectivity index (χ3v) is 5.67. The molecule has 2 aromatic carbocycles. The summed E-state index contributed by atoms with van der Waals surface area (Å²) in [5.74, 6) is 1.61. The minimum Gasteiger partial charge on any atom is -0.493 e. The molecule has 0 N–H and O–H groups in total. The number of benzene rings is 2. The molecule has 0 radical (unpaired) electrons. The van der Waals surface area contributed by atoms with Crippen molar-refractivity contribution in [1.29, 1.82) is 0 Å². The topological polar surface area (TPSA) is 51.1 Å². The van der Waals surface area contributed by atoms with Gasteiger partial charge in [-0.2, -0.15) is 0 Å². The number of para-hydroxylation sites is 1. The van der Waals surface area contributed by atoms with Gasteiger partial charge in [0.15, 0.2) is 16.7 Å². The molecule has 3 rings (SSSR count). The number of aliphatic imine (C=N–C) groups is 1. The SMILES string of the molecule is CCCOc1c(/C=C2/SC(=Nc3ccc(C)cc3)N(CC(C)C)C2=O)cccc1OC. The molecule has 6 heteroatoms. The lowest BCUT2D eigenvalue weighted by atomic mass is 10.1. The Hall–Kier alpha value is -2.73. The number of carbonyl (C=O) groups excluding carboxylic acids is 1. The minimum atomic E-state index is -0.0335. The van der Waals surface area contributed by atoms with Gasteiger partial charge in [0.25, 0.3) is 5.91 Å². The third-order valence-electron chi connectivity index (χ3n) is 4.66. The van der Waals surface area contributed by atoms with Crippen molar-refractivity contribution in [3.05, 3.63) is 58.5 Å². The van der Waals surface area contributed by atoms with Crippen molar-refractivity contribution >= 4 is 34.6 Å². The first-order valence-corrected chi connectivity index (χ1v) is 11.4. The fourth-order valence-corrected chi connectivity index (χ4v) is 4.15. The molecule has 0 saturated carbocycles. The lowest BCUT2D eigenvalue weighted by molar-refractivity contribution is -0.122. The second-order valence-corrected chi connectivity index (χ2v) is 8.89. The van der Waals surface area contributed by atoms with Crippen LogP contribution in [0.5, 0.6) is 11.5 Å². The Balaban J connectivity index is 1.99. The number of methoxy groups -OCH3 is 1. The summed E-state index contributed by atoms with van der Waals surface area (Å²) >= 11 is 1.40. The van der Waals surface area contributed by atoms with E-state index < -0.39 is 0 Å². The molecule has 31 heavy (non-hydrogen) atoms. The molecule has 2 aromatic rings. The van der Waals surface area contributed by atoms with E-state index in [9.17, 15) is 4.79 Å². The van der Waals surface area contributed by atoms with E-state index in [1.54, 1.807) is 12.0 Å². The van der Waals surface area contributed by atoms with Crippen LogP contribution in [0.3, 0.4) is 0 Å². The molecule has 0 aliphatic carbocycles. The number of hydrogen-bond acceptors (Lipinski definition) is 5. The Labute approximate surface area is 189 Å². The van der Waals surface area contributed by atoms with Crippen LogP contribution >= 0.6 is 11.8 Å². The molecule has 1 heterocycles. The van der Waals surface area contributed by atoms with Crippen molar-refractivity contribution in [1.82, 2.24) is 4.90 Å². The first-order chi connectivity index (χ1) is 14.9. The lowest BCUT2D eigenvalue weighted by Gasteiger charge is -2.17. The Morgan fingerprint density at radius 1 is 1.16 bits per heavy atom. The van der Waals surface area contributed by atoms with Crippen LogP contribution in [-0.2, 0) is 4.79 Å². The van der Waals surface area contributed by atoms with Crippen LogP contribution in [0.25, 0.3) is 6.08 Å². The second kappa shape index (κ2) is 10.5. The number of amidine groups is 1. The van der Waals surface area contributed by atoms with Crippen LogP contribution in [0.1, 0.15) is 38.3 Å². The normalized spacial score (nSPS) is 16.6. The fourth-order valence-electron chi connectivity index (χ4n) is 3.15. The highest BCUT2D eigenvalue weighted by atomic mass is 32.2. The molecular formula is C25H30N2O3S. The van der Waals surface area contributed by atoms with E-state index in [1.165, 1.54) is 17.3 Å². The van der Waals surface area contributed by atoms with Crippen LogP contribution in [0.15, 0.2) is 52.4 Å². The molecule has 0 unspecified atom stereocenters. The zero-order valence-electron chi connectivity index (χ0n) is 18.8. The molecule has 1 amide bonds. The van der Waals surface area contributed by atoms with Gasteiger partial charge in [-0.3, -0.25) is 9.69 Å². The second-order valence-electron chi connectivity index (χ2n) is 7.88. The molecule has 0 atom stereocenters. The average molecular weight is 439 g/mol. The Morgan fingerprint density at radius 2 is 1.90 bits per heavy atom. The van der Waals surface area contributed by atoms with Gasteiger partial charge in [-0.25, -0.2) is 4.99 Å². The van der Waals surface area contributed by atoms with E-state index in [1.807, 2.05) is 55.5 Å². The number of rotatable bonds is 8. The number of carbonyl (C=O) groups is 1. The molecule has 0 aromatic heterocycles. The van der Waals surface area contributed by atoms with Crippen molar-refractivity contribution in [2.45, 2.75) is 34.1 Å². The van der Waals surface area contributed by atoms with E-state index in [2.05, 4.69) is 20.8 Å². The highest BCUT2D eigenvalue weighted by Crippen LogP contribution is 2.38. The van der Waals surface area contributed by atoms with Gasteiger partial charge in [0, 0.05) is 12.1 Å². The largest absolute Gasteiger partial charge is 0.493 e. The van der Waals surface area contributed by atoms with E-state index in [-0.39, 0.29) is 5.91 Å². The summed E-state index contributed by atoms with van der Waals surface area (Å²) in [6.07, 6.45) is 2.77. The molecule has 0 bridgehead atoms. The number of thioether (sulfide) groups is 1. The summed E-state index contributed by atoms with van der Waals surface area (Å²) in [6.45, 7) is 9.50. The van der Waals surface area contributed by atoms with E-state index in [0.29, 0.717) is 40.6 Å². The van der Waals surface area contributed by atoms with Crippen LogP contribution in [0, 0.1) is 12.8 Å². The van der Waals surface area contributed by atoms with Gasteiger partial charge in [0.2, 0.25) is 0 Å².